The van der Waals surface area contributed by atoms with Crippen LogP contribution in [-0.2, 0) is 6.54 Å². The molecule has 0 aliphatic rings. The van der Waals surface area contributed by atoms with Gasteiger partial charge in [0, 0.05) is 25.6 Å². The molecule has 0 saturated carbocycles. The van der Waals surface area contributed by atoms with Crippen molar-refractivity contribution < 1.29 is 4.92 Å². The smallest absolute Gasteiger partial charge is 0.362 e. The second kappa shape index (κ2) is 4.70. The van der Waals surface area contributed by atoms with Crippen LogP contribution in [0.5, 0.6) is 0 Å². The fourth-order valence-corrected chi connectivity index (χ4v) is 1.55. The molecule has 0 amide bonds. The Balaban J connectivity index is 3.06. The van der Waals surface area contributed by atoms with E-state index in [9.17, 15) is 10.1 Å². The summed E-state index contributed by atoms with van der Waals surface area (Å²) in [5.74, 6) is 0.902. The van der Waals surface area contributed by atoms with Crippen molar-refractivity contribution in [2.75, 3.05) is 11.9 Å². The molecule has 3 N–H and O–H groups in total. The second-order valence-electron chi connectivity index (χ2n) is 4.67. The lowest BCUT2D eigenvalue weighted by molar-refractivity contribution is -0.388. The first-order chi connectivity index (χ1) is 7.76. The Morgan fingerprint density at radius 3 is 2.59 bits per heavy atom. The summed E-state index contributed by atoms with van der Waals surface area (Å²) in [4.78, 5) is 14.3. The van der Waals surface area contributed by atoms with Crippen LogP contribution < -0.4 is 11.1 Å². The third-order valence-electron chi connectivity index (χ3n) is 2.34. The summed E-state index contributed by atoms with van der Waals surface area (Å²) in [5, 5.41) is 13.9. The standard InChI is InChI=1S/C10H19N5O2/c1-5-14-7(2)13-9(15(16)17)8(14)12-6-10(3,4)11/h12H,5-6,11H2,1-4H3. The number of rotatable bonds is 5. The van der Waals surface area contributed by atoms with E-state index in [1.165, 1.54) is 0 Å². The summed E-state index contributed by atoms with van der Waals surface area (Å²) in [7, 11) is 0. The van der Waals surface area contributed by atoms with Gasteiger partial charge in [-0.05, 0) is 30.7 Å². The molecule has 0 aliphatic carbocycles. The first-order valence-corrected chi connectivity index (χ1v) is 5.50. The fraction of sp³-hybridized carbons (Fsp3) is 0.700. The van der Waals surface area contributed by atoms with E-state index in [2.05, 4.69) is 10.3 Å². The van der Waals surface area contributed by atoms with Crippen molar-refractivity contribution in [3.8, 4) is 0 Å². The Hall–Kier alpha value is -1.63. The van der Waals surface area contributed by atoms with Crippen LogP contribution in [0.15, 0.2) is 0 Å². The van der Waals surface area contributed by atoms with E-state index in [-0.39, 0.29) is 5.82 Å². The molecule has 0 aliphatic heterocycles. The molecule has 96 valence electrons. The molecule has 0 aromatic carbocycles. The Kier molecular flexibility index (Phi) is 3.72. The van der Waals surface area contributed by atoms with E-state index in [0.29, 0.717) is 24.7 Å². The number of aromatic nitrogens is 2. The van der Waals surface area contributed by atoms with Crippen molar-refractivity contribution >= 4 is 11.6 Å². The third kappa shape index (κ3) is 3.16. The molecule has 1 aromatic rings. The predicted molar refractivity (Wildman–Crippen MR) is 66.0 cm³/mol. The maximum Gasteiger partial charge on any atom is 0.406 e. The normalized spacial score (nSPS) is 11.6. The number of anilines is 1. The van der Waals surface area contributed by atoms with Crippen molar-refractivity contribution in [3.63, 3.8) is 0 Å². The van der Waals surface area contributed by atoms with Crippen molar-refractivity contribution in [1.29, 1.82) is 0 Å². The van der Waals surface area contributed by atoms with Crippen LogP contribution in [0.25, 0.3) is 0 Å². The van der Waals surface area contributed by atoms with Gasteiger partial charge in [-0.3, -0.25) is 4.57 Å². The molecule has 0 bridgehead atoms. The molecule has 1 heterocycles. The van der Waals surface area contributed by atoms with E-state index in [4.69, 9.17) is 5.73 Å². The van der Waals surface area contributed by atoms with Gasteiger partial charge in [-0.15, -0.1) is 0 Å². The number of nitrogens with two attached hydrogens (primary N) is 1. The highest BCUT2D eigenvalue weighted by Crippen LogP contribution is 2.25. The van der Waals surface area contributed by atoms with Crippen LogP contribution in [-0.4, -0.2) is 26.6 Å². The molecule has 1 aromatic heterocycles. The van der Waals surface area contributed by atoms with Crippen LogP contribution >= 0.6 is 0 Å². The van der Waals surface area contributed by atoms with Gasteiger partial charge >= 0.3 is 5.82 Å². The van der Waals surface area contributed by atoms with Gasteiger partial charge in [0.1, 0.15) is 0 Å². The maximum atomic E-state index is 10.9. The van der Waals surface area contributed by atoms with Gasteiger partial charge in [-0.1, -0.05) is 0 Å². The predicted octanol–water partition coefficient (Wildman–Crippen LogP) is 1.27. The van der Waals surface area contributed by atoms with Crippen LogP contribution in [0.3, 0.4) is 0 Å². The van der Waals surface area contributed by atoms with Crippen LogP contribution in [0, 0.1) is 17.0 Å². The molecule has 0 spiro atoms. The molecule has 1 rings (SSSR count). The van der Waals surface area contributed by atoms with Crippen LogP contribution in [0.4, 0.5) is 11.6 Å². The van der Waals surface area contributed by atoms with E-state index in [0.717, 1.165) is 0 Å². The Bertz CT molecular complexity index is 419. The summed E-state index contributed by atoms with van der Waals surface area (Å²) in [6.07, 6.45) is 0. The van der Waals surface area contributed by atoms with Crippen molar-refractivity contribution in [2.24, 2.45) is 5.73 Å². The number of nitrogens with one attached hydrogen (secondary N) is 1. The minimum absolute atomic E-state index is 0.145. The van der Waals surface area contributed by atoms with Gasteiger partial charge in [0.05, 0.1) is 0 Å². The van der Waals surface area contributed by atoms with E-state index in [1.54, 1.807) is 11.5 Å². The lowest BCUT2D eigenvalue weighted by Gasteiger charge is -2.19. The molecule has 7 heteroatoms. The first kappa shape index (κ1) is 13.4. The SMILES string of the molecule is CCn1c(C)nc([N+](=O)[O-])c1NCC(C)(C)N. The first-order valence-electron chi connectivity index (χ1n) is 5.50. The molecule has 17 heavy (non-hydrogen) atoms. The van der Waals surface area contributed by atoms with Gasteiger partial charge in [0.25, 0.3) is 0 Å². The summed E-state index contributed by atoms with van der Waals surface area (Å²) < 4.78 is 1.77. The lowest BCUT2D eigenvalue weighted by atomic mass is 10.1. The second-order valence-corrected chi connectivity index (χ2v) is 4.67. The molecular weight excluding hydrogens is 222 g/mol. The zero-order valence-electron chi connectivity index (χ0n) is 10.6. The number of hydrogen-bond donors (Lipinski definition) is 2. The van der Waals surface area contributed by atoms with Gasteiger partial charge in [-0.2, -0.15) is 0 Å². The monoisotopic (exact) mass is 241 g/mol. The Morgan fingerprint density at radius 2 is 2.18 bits per heavy atom. The number of imidazole rings is 1. The van der Waals surface area contributed by atoms with Gasteiger partial charge in [-0.25, -0.2) is 0 Å². The molecule has 0 unspecified atom stereocenters. The third-order valence-corrected chi connectivity index (χ3v) is 2.34. The molecule has 0 radical (unpaired) electrons. The van der Waals surface area contributed by atoms with E-state index < -0.39 is 10.5 Å². The molecular formula is C10H19N5O2. The highest BCUT2D eigenvalue weighted by Gasteiger charge is 2.25. The van der Waals surface area contributed by atoms with E-state index in [1.807, 2.05) is 20.8 Å². The summed E-state index contributed by atoms with van der Waals surface area (Å²) in [6, 6.07) is 0. The zero-order chi connectivity index (χ0) is 13.2. The van der Waals surface area contributed by atoms with E-state index >= 15 is 0 Å². The Labute approximate surface area is 100 Å². The number of nitrogens with zero attached hydrogens (tertiary/aromatic N) is 3. The summed E-state index contributed by atoms with van der Waals surface area (Å²) >= 11 is 0. The average molecular weight is 241 g/mol. The van der Waals surface area contributed by atoms with Crippen LogP contribution in [0.1, 0.15) is 26.6 Å². The van der Waals surface area contributed by atoms with Crippen molar-refractivity contribution in [1.82, 2.24) is 9.55 Å². The Morgan fingerprint density at radius 1 is 1.59 bits per heavy atom. The fourth-order valence-electron chi connectivity index (χ4n) is 1.55. The average Bonchev–Trinajstić information content (AvgIpc) is 2.50. The van der Waals surface area contributed by atoms with Gasteiger partial charge < -0.3 is 21.2 Å². The van der Waals surface area contributed by atoms with Gasteiger partial charge in [0.15, 0.2) is 0 Å². The quantitative estimate of drug-likeness (QED) is 0.597. The summed E-state index contributed by atoms with van der Waals surface area (Å²) in [5.41, 5.74) is 5.41. The molecule has 0 fully saturated rings. The largest absolute Gasteiger partial charge is 0.406 e. The molecule has 0 saturated heterocycles. The van der Waals surface area contributed by atoms with Crippen LogP contribution in [0.2, 0.25) is 0 Å². The number of nitro groups is 1. The molecule has 7 nitrogen and oxygen atoms in total. The summed E-state index contributed by atoms with van der Waals surface area (Å²) in [6.45, 7) is 8.43. The maximum absolute atomic E-state index is 10.9. The minimum Gasteiger partial charge on any atom is -0.362 e. The lowest BCUT2D eigenvalue weighted by Crippen LogP contribution is -2.40. The molecule has 0 atom stereocenters. The number of hydrogen-bond acceptors (Lipinski definition) is 5. The number of aryl methyl sites for hydroxylation is 1. The van der Waals surface area contributed by atoms with Crippen molar-refractivity contribution in [3.05, 3.63) is 15.9 Å². The zero-order valence-corrected chi connectivity index (χ0v) is 10.6. The highest BCUT2D eigenvalue weighted by molar-refractivity contribution is 5.53. The topological polar surface area (TPSA) is 99.0 Å². The highest BCUT2D eigenvalue weighted by atomic mass is 16.6. The minimum atomic E-state index is -0.481. The van der Waals surface area contributed by atoms with Crippen molar-refractivity contribution in [2.45, 2.75) is 39.8 Å². The van der Waals surface area contributed by atoms with Gasteiger partial charge in [0.2, 0.25) is 11.6 Å².